The fourth-order valence-electron chi connectivity index (χ4n) is 3.02. The van der Waals surface area contributed by atoms with Crippen LogP contribution in [0.5, 0.6) is 0 Å². The second kappa shape index (κ2) is 6.50. The minimum absolute atomic E-state index is 0.632. The van der Waals surface area contributed by atoms with Crippen LogP contribution in [-0.2, 0) is 6.54 Å². The second-order valence-electron chi connectivity index (χ2n) is 6.04. The van der Waals surface area contributed by atoms with Crippen molar-refractivity contribution < 1.29 is 0 Å². The Kier molecular flexibility index (Phi) is 4.94. The Hall–Kier alpha value is -1.20. The number of nitrogens with zero attached hydrogens (tertiary/aromatic N) is 4. The van der Waals surface area contributed by atoms with Crippen molar-refractivity contribution in [1.82, 2.24) is 19.8 Å². The first kappa shape index (κ1) is 15.2. The van der Waals surface area contributed by atoms with E-state index in [2.05, 4.69) is 53.0 Å². The standard InChI is InChI=1S/C15H27N5/c1-6-16-14-7-12(3)17-15(18-14)10-20-8-11(2)13(9-20)19(4)5/h7,11,13H,6,8-10H2,1-5H3,(H,16,17,18). The van der Waals surface area contributed by atoms with Crippen molar-refractivity contribution in [3.05, 3.63) is 17.6 Å². The Bertz CT molecular complexity index is 446. The Morgan fingerprint density at radius 2 is 2.10 bits per heavy atom. The molecule has 1 aliphatic heterocycles. The van der Waals surface area contributed by atoms with E-state index in [0.717, 1.165) is 43.5 Å². The molecule has 20 heavy (non-hydrogen) atoms. The third-order valence-corrected chi connectivity index (χ3v) is 3.94. The van der Waals surface area contributed by atoms with Gasteiger partial charge in [-0.15, -0.1) is 0 Å². The predicted octanol–water partition coefficient (Wildman–Crippen LogP) is 1.60. The molecular weight excluding hydrogens is 250 g/mol. The lowest BCUT2D eigenvalue weighted by Gasteiger charge is -2.22. The first-order chi connectivity index (χ1) is 9.49. The number of likely N-dealkylation sites (tertiary alicyclic amines) is 1. The number of hydrogen-bond donors (Lipinski definition) is 1. The number of aromatic nitrogens is 2. The molecule has 1 saturated heterocycles. The summed E-state index contributed by atoms with van der Waals surface area (Å²) in [5.41, 5.74) is 1.03. The summed E-state index contributed by atoms with van der Waals surface area (Å²) in [4.78, 5) is 14.0. The predicted molar refractivity (Wildman–Crippen MR) is 82.8 cm³/mol. The molecule has 1 fully saturated rings. The van der Waals surface area contributed by atoms with Gasteiger partial charge >= 0.3 is 0 Å². The molecule has 0 saturated carbocycles. The Labute approximate surface area is 122 Å². The maximum Gasteiger partial charge on any atom is 0.144 e. The van der Waals surface area contributed by atoms with E-state index in [4.69, 9.17) is 0 Å². The fourth-order valence-corrected chi connectivity index (χ4v) is 3.02. The van der Waals surface area contributed by atoms with E-state index < -0.39 is 0 Å². The summed E-state index contributed by atoms with van der Waals surface area (Å²) in [6, 6.07) is 2.63. The van der Waals surface area contributed by atoms with Crippen LogP contribution in [0.25, 0.3) is 0 Å². The summed E-state index contributed by atoms with van der Waals surface area (Å²) in [6.07, 6.45) is 0. The summed E-state index contributed by atoms with van der Waals surface area (Å²) in [5, 5.41) is 3.27. The number of hydrogen-bond acceptors (Lipinski definition) is 5. The van der Waals surface area contributed by atoms with E-state index in [9.17, 15) is 0 Å². The smallest absolute Gasteiger partial charge is 0.144 e. The molecule has 0 radical (unpaired) electrons. The van der Waals surface area contributed by atoms with Crippen LogP contribution in [-0.4, -0.2) is 59.5 Å². The number of anilines is 1. The number of nitrogens with one attached hydrogen (secondary N) is 1. The molecular formula is C15H27N5. The van der Waals surface area contributed by atoms with Crippen molar-refractivity contribution in [3.8, 4) is 0 Å². The van der Waals surface area contributed by atoms with E-state index in [0.29, 0.717) is 12.0 Å². The molecule has 2 unspecified atom stereocenters. The highest BCUT2D eigenvalue weighted by molar-refractivity contribution is 5.35. The Morgan fingerprint density at radius 3 is 2.70 bits per heavy atom. The largest absolute Gasteiger partial charge is 0.370 e. The van der Waals surface area contributed by atoms with Crippen LogP contribution in [0.15, 0.2) is 6.07 Å². The molecule has 112 valence electrons. The van der Waals surface area contributed by atoms with E-state index in [1.807, 2.05) is 13.0 Å². The van der Waals surface area contributed by atoms with Crippen LogP contribution in [0.1, 0.15) is 25.4 Å². The normalized spacial score (nSPS) is 23.5. The van der Waals surface area contributed by atoms with Crippen LogP contribution in [0, 0.1) is 12.8 Å². The van der Waals surface area contributed by atoms with Crippen molar-refractivity contribution in [3.63, 3.8) is 0 Å². The SMILES string of the molecule is CCNc1cc(C)nc(CN2CC(C)C(N(C)C)C2)n1. The highest BCUT2D eigenvalue weighted by atomic mass is 15.2. The van der Waals surface area contributed by atoms with E-state index in [1.165, 1.54) is 0 Å². The monoisotopic (exact) mass is 277 g/mol. The van der Waals surface area contributed by atoms with E-state index >= 15 is 0 Å². The third kappa shape index (κ3) is 3.67. The van der Waals surface area contributed by atoms with Crippen molar-refractivity contribution in [2.75, 3.05) is 39.0 Å². The van der Waals surface area contributed by atoms with Crippen LogP contribution >= 0.6 is 0 Å². The lowest BCUT2D eigenvalue weighted by molar-refractivity contribution is 0.248. The van der Waals surface area contributed by atoms with Crippen molar-refractivity contribution in [1.29, 1.82) is 0 Å². The number of aryl methyl sites for hydroxylation is 1. The molecule has 2 rings (SSSR count). The maximum atomic E-state index is 4.60. The summed E-state index contributed by atoms with van der Waals surface area (Å²) < 4.78 is 0. The lowest BCUT2D eigenvalue weighted by Crippen LogP contribution is -2.34. The van der Waals surface area contributed by atoms with Crippen molar-refractivity contribution >= 4 is 5.82 Å². The molecule has 1 aliphatic rings. The zero-order chi connectivity index (χ0) is 14.7. The van der Waals surface area contributed by atoms with Gasteiger partial charge in [0.05, 0.1) is 6.54 Å². The van der Waals surface area contributed by atoms with E-state index in [1.54, 1.807) is 0 Å². The minimum atomic E-state index is 0.632. The van der Waals surface area contributed by atoms with Gasteiger partial charge in [-0.05, 0) is 33.9 Å². The summed E-state index contributed by atoms with van der Waals surface area (Å²) in [5.74, 6) is 2.56. The van der Waals surface area contributed by atoms with Gasteiger partial charge < -0.3 is 10.2 Å². The van der Waals surface area contributed by atoms with Gasteiger partial charge in [0.15, 0.2) is 0 Å². The van der Waals surface area contributed by atoms with E-state index in [-0.39, 0.29) is 0 Å². The molecule has 2 atom stereocenters. The molecule has 1 aromatic heterocycles. The van der Waals surface area contributed by atoms with Gasteiger partial charge in [0.25, 0.3) is 0 Å². The van der Waals surface area contributed by atoms with Gasteiger partial charge in [-0.3, -0.25) is 4.90 Å². The zero-order valence-electron chi connectivity index (χ0n) is 13.3. The molecule has 0 aliphatic carbocycles. The molecule has 1 aromatic rings. The van der Waals surface area contributed by atoms with Gasteiger partial charge in [-0.1, -0.05) is 6.92 Å². The minimum Gasteiger partial charge on any atom is -0.370 e. The molecule has 5 heteroatoms. The summed E-state index contributed by atoms with van der Waals surface area (Å²) >= 11 is 0. The Balaban J connectivity index is 2.03. The Morgan fingerprint density at radius 1 is 1.35 bits per heavy atom. The zero-order valence-corrected chi connectivity index (χ0v) is 13.3. The molecule has 2 heterocycles. The topological polar surface area (TPSA) is 44.3 Å². The van der Waals surface area contributed by atoms with Crippen molar-refractivity contribution in [2.45, 2.75) is 33.4 Å². The molecule has 1 N–H and O–H groups in total. The maximum absolute atomic E-state index is 4.60. The first-order valence-corrected chi connectivity index (χ1v) is 7.46. The molecule has 0 aromatic carbocycles. The van der Waals surface area contributed by atoms with Crippen molar-refractivity contribution in [2.24, 2.45) is 5.92 Å². The molecule has 5 nitrogen and oxygen atoms in total. The number of rotatable bonds is 5. The molecule has 0 spiro atoms. The molecule has 0 bridgehead atoms. The van der Waals surface area contributed by atoms with Gasteiger partial charge in [-0.2, -0.15) is 0 Å². The van der Waals surface area contributed by atoms with Gasteiger partial charge in [0, 0.05) is 37.4 Å². The quantitative estimate of drug-likeness (QED) is 0.885. The van der Waals surface area contributed by atoms with Gasteiger partial charge in [-0.25, -0.2) is 9.97 Å². The summed E-state index contributed by atoms with van der Waals surface area (Å²) in [7, 11) is 4.33. The van der Waals surface area contributed by atoms with Crippen LogP contribution in [0.3, 0.4) is 0 Å². The highest BCUT2D eigenvalue weighted by Crippen LogP contribution is 2.21. The first-order valence-electron chi connectivity index (χ1n) is 7.46. The average Bonchev–Trinajstić information content (AvgIpc) is 2.70. The van der Waals surface area contributed by atoms with Crippen LogP contribution < -0.4 is 5.32 Å². The highest BCUT2D eigenvalue weighted by Gasteiger charge is 2.31. The van der Waals surface area contributed by atoms with Gasteiger partial charge in [0.2, 0.25) is 0 Å². The van der Waals surface area contributed by atoms with Crippen LogP contribution in [0.2, 0.25) is 0 Å². The second-order valence-corrected chi connectivity index (χ2v) is 6.04. The average molecular weight is 277 g/mol. The fraction of sp³-hybridized carbons (Fsp3) is 0.733. The third-order valence-electron chi connectivity index (χ3n) is 3.94. The van der Waals surface area contributed by atoms with Crippen LogP contribution in [0.4, 0.5) is 5.82 Å². The molecule has 0 amide bonds. The lowest BCUT2D eigenvalue weighted by atomic mass is 10.1. The summed E-state index contributed by atoms with van der Waals surface area (Å²) in [6.45, 7) is 10.4. The number of likely N-dealkylation sites (N-methyl/N-ethyl adjacent to an activating group) is 1. The van der Waals surface area contributed by atoms with Gasteiger partial charge in [0.1, 0.15) is 11.6 Å².